The molecule has 0 saturated carbocycles. The average Bonchev–Trinajstić information content (AvgIpc) is 3.49. The normalized spacial score (nSPS) is 14.5. The van der Waals surface area contributed by atoms with Crippen LogP contribution in [0, 0.1) is 5.82 Å². The second-order valence-electron chi connectivity index (χ2n) is 8.48. The summed E-state index contributed by atoms with van der Waals surface area (Å²) in [4.78, 5) is 35.6. The van der Waals surface area contributed by atoms with Crippen LogP contribution in [-0.4, -0.2) is 33.6 Å². The molecule has 5 rings (SSSR count). The molecule has 0 aliphatic carbocycles. The number of nitrogen functional groups attached to an aromatic ring is 1. The zero-order valence-electron chi connectivity index (χ0n) is 19.4. The number of rotatable bonds is 9. The van der Waals surface area contributed by atoms with Crippen molar-refractivity contribution in [3.63, 3.8) is 0 Å². The fraction of sp³-hybridized carbons (Fsp3) is 0.280. The maximum absolute atomic E-state index is 13.1. The van der Waals surface area contributed by atoms with Gasteiger partial charge < -0.3 is 21.1 Å². The van der Waals surface area contributed by atoms with Gasteiger partial charge in [0.2, 0.25) is 5.91 Å². The van der Waals surface area contributed by atoms with Crippen molar-refractivity contribution in [1.29, 1.82) is 0 Å². The first-order chi connectivity index (χ1) is 17.5. The number of nitrogens with zero attached hydrogens (tertiary/aromatic N) is 3. The van der Waals surface area contributed by atoms with Crippen molar-refractivity contribution in [2.45, 2.75) is 31.8 Å². The van der Waals surface area contributed by atoms with E-state index in [9.17, 15) is 14.0 Å². The number of ether oxygens (including phenoxy) is 1. The van der Waals surface area contributed by atoms with Crippen molar-refractivity contribution in [2.75, 3.05) is 24.2 Å². The molecule has 3 aromatic heterocycles. The largest absolute Gasteiger partial charge is 0.494 e. The minimum atomic E-state index is -0.602. The first-order valence-corrected chi connectivity index (χ1v) is 12.4. The lowest BCUT2D eigenvalue weighted by Gasteiger charge is -2.15. The Kier molecular flexibility index (Phi) is 6.81. The number of nitrogens with two attached hydrogens (primary N) is 1. The van der Waals surface area contributed by atoms with Crippen molar-refractivity contribution in [3.8, 4) is 5.75 Å². The Labute approximate surface area is 210 Å². The standard InChI is InChI=1S/C25H25FN6O3S/c26-16-2-4-17(5-3-16)35-9-1-8-28-19-14-30-23-7-6-20(32(23)25(19)34)24(33)31-13-18-10-15-12-29-22(27)11-21(15)36-18/h2-5,10-12,14,20,28H,1,6-9,13H2,(H2,27,29)(H,31,33). The molecule has 0 spiro atoms. The van der Waals surface area contributed by atoms with E-state index in [1.807, 2.05) is 12.1 Å². The van der Waals surface area contributed by atoms with E-state index < -0.39 is 6.04 Å². The SMILES string of the molecule is Nc1cc2sc(CNC(=O)C3CCc4ncc(NCCCOc5ccc(F)cc5)c(=O)n43)cc2cn1. The number of nitrogens with one attached hydrogen (secondary N) is 2. The predicted octanol–water partition coefficient (Wildman–Crippen LogP) is 3.26. The van der Waals surface area contributed by atoms with Gasteiger partial charge in [0.1, 0.15) is 34.9 Å². The Morgan fingerprint density at radius 1 is 1.22 bits per heavy atom. The summed E-state index contributed by atoms with van der Waals surface area (Å²) < 4.78 is 21.0. The van der Waals surface area contributed by atoms with Crippen LogP contribution in [0.1, 0.15) is 29.6 Å². The summed E-state index contributed by atoms with van der Waals surface area (Å²) in [6.07, 6.45) is 4.95. The minimum absolute atomic E-state index is 0.211. The number of hydrogen-bond acceptors (Lipinski definition) is 8. The van der Waals surface area contributed by atoms with Crippen LogP contribution in [-0.2, 0) is 17.8 Å². The topological polar surface area (TPSA) is 124 Å². The highest BCUT2D eigenvalue weighted by molar-refractivity contribution is 7.19. The van der Waals surface area contributed by atoms with Gasteiger partial charge in [-0.05, 0) is 49.2 Å². The monoisotopic (exact) mass is 508 g/mol. The maximum Gasteiger partial charge on any atom is 0.277 e. The van der Waals surface area contributed by atoms with Gasteiger partial charge >= 0.3 is 0 Å². The Bertz CT molecular complexity index is 1450. The van der Waals surface area contributed by atoms with Crippen LogP contribution in [0.15, 0.2) is 53.6 Å². The van der Waals surface area contributed by atoms with Crippen molar-refractivity contribution < 1.29 is 13.9 Å². The van der Waals surface area contributed by atoms with Gasteiger partial charge in [-0.25, -0.2) is 14.4 Å². The molecule has 1 aliphatic rings. The van der Waals surface area contributed by atoms with E-state index in [2.05, 4.69) is 20.6 Å². The molecule has 0 bridgehead atoms. The van der Waals surface area contributed by atoms with Crippen molar-refractivity contribution in [2.24, 2.45) is 0 Å². The Morgan fingerprint density at radius 3 is 2.89 bits per heavy atom. The Balaban J connectivity index is 1.17. The summed E-state index contributed by atoms with van der Waals surface area (Å²) >= 11 is 1.55. The van der Waals surface area contributed by atoms with Crippen LogP contribution in [0.3, 0.4) is 0 Å². The highest BCUT2D eigenvalue weighted by atomic mass is 32.1. The number of aryl methyl sites for hydroxylation is 1. The maximum atomic E-state index is 13.1. The number of carbonyl (C=O) groups excluding carboxylic acids is 1. The first-order valence-electron chi connectivity index (χ1n) is 11.6. The zero-order chi connectivity index (χ0) is 25.1. The summed E-state index contributed by atoms with van der Waals surface area (Å²) in [7, 11) is 0. The molecule has 0 fully saturated rings. The van der Waals surface area contributed by atoms with Crippen molar-refractivity contribution in [1.82, 2.24) is 19.9 Å². The molecule has 11 heteroatoms. The van der Waals surface area contributed by atoms with Gasteiger partial charge in [0, 0.05) is 34.1 Å². The lowest BCUT2D eigenvalue weighted by Crippen LogP contribution is -2.36. The Morgan fingerprint density at radius 2 is 2.06 bits per heavy atom. The number of anilines is 2. The van der Waals surface area contributed by atoms with E-state index in [0.717, 1.165) is 15.0 Å². The second-order valence-corrected chi connectivity index (χ2v) is 9.65. The van der Waals surface area contributed by atoms with Gasteiger partial charge in [0.25, 0.3) is 5.56 Å². The summed E-state index contributed by atoms with van der Waals surface area (Å²) in [5, 5.41) is 7.02. The smallest absolute Gasteiger partial charge is 0.277 e. The van der Waals surface area contributed by atoms with Crippen LogP contribution in [0.2, 0.25) is 0 Å². The zero-order valence-corrected chi connectivity index (χ0v) is 20.2. The molecule has 1 unspecified atom stereocenters. The molecule has 1 atom stereocenters. The fourth-order valence-electron chi connectivity index (χ4n) is 4.17. The third-order valence-corrected chi connectivity index (χ3v) is 7.05. The van der Waals surface area contributed by atoms with Crippen LogP contribution in [0.4, 0.5) is 15.9 Å². The van der Waals surface area contributed by atoms with Crippen LogP contribution < -0.4 is 26.7 Å². The van der Waals surface area contributed by atoms with Gasteiger partial charge in [-0.2, -0.15) is 0 Å². The van der Waals surface area contributed by atoms with E-state index in [0.29, 0.717) is 62.0 Å². The predicted molar refractivity (Wildman–Crippen MR) is 137 cm³/mol. The van der Waals surface area contributed by atoms with Crippen LogP contribution in [0.5, 0.6) is 5.75 Å². The summed E-state index contributed by atoms with van der Waals surface area (Å²) in [6.45, 7) is 1.25. The third kappa shape index (κ3) is 5.15. The number of benzene rings is 1. The minimum Gasteiger partial charge on any atom is -0.494 e. The molecule has 1 aliphatic heterocycles. The van der Waals surface area contributed by atoms with Crippen molar-refractivity contribution in [3.05, 3.63) is 75.7 Å². The van der Waals surface area contributed by atoms with E-state index in [-0.39, 0.29) is 17.3 Å². The molecular formula is C25H25FN6O3S. The van der Waals surface area contributed by atoms with Crippen LogP contribution >= 0.6 is 11.3 Å². The number of thiophene rings is 1. The first kappa shape index (κ1) is 23.7. The molecule has 36 heavy (non-hydrogen) atoms. The van der Waals surface area contributed by atoms with E-state index in [1.165, 1.54) is 22.9 Å². The molecule has 0 radical (unpaired) electrons. The van der Waals surface area contributed by atoms with Gasteiger partial charge in [-0.3, -0.25) is 14.2 Å². The molecule has 1 amide bonds. The molecular weight excluding hydrogens is 483 g/mol. The number of pyridine rings is 1. The number of amides is 1. The van der Waals surface area contributed by atoms with E-state index >= 15 is 0 Å². The van der Waals surface area contributed by atoms with E-state index in [1.54, 1.807) is 29.7 Å². The highest BCUT2D eigenvalue weighted by Crippen LogP contribution is 2.27. The molecule has 4 heterocycles. The Hall–Kier alpha value is -3.99. The van der Waals surface area contributed by atoms with Crippen LogP contribution in [0.25, 0.3) is 10.1 Å². The highest BCUT2D eigenvalue weighted by Gasteiger charge is 2.31. The van der Waals surface area contributed by atoms with Gasteiger partial charge in [0.15, 0.2) is 0 Å². The summed E-state index contributed by atoms with van der Waals surface area (Å²) in [6, 6.07) is 9.01. The molecule has 4 aromatic rings. The quantitative estimate of drug-likeness (QED) is 0.297. The molecule has 4 N–H and O–H groups in total. The summed E-state index contributed by atoms with van der Waals surface area (Å²) in [5.74, 6) is 1.12. The van der Waals surface area contributed by atoms with Gasteiger partial charge in [-0.1, -0.05) is 0 Å². The molecule has 186 valence electrons. The summed E-state index contributed by atoms with van der Waals surface area (Å²) in [5.41, 5.74) is 5.83. The number of hydrogen-bond donors (Lipinski definition) is 3. The van der Waals surface area contributed by atoms with Crippen molar-refractivity contribution >= 4 is 38.8 Å². The number of halogens is 1. The number of aromatic nitrogens is 3. The lowest BCUT2D eigenvalue weighted by atomic mass is 10.2. The third-order valence-electron chi connectivity index (χ3n) is 5.96. The second kappa shape index (κ2) is 10.3. The number of fused-ring (bicyclic) bond motifs is 2. The molecule has 9 nitrogen and oxygen atoms in total. The fourth-order valence-corrected chi connectivity index (χ4v) is 5.20. The van der Waals surface area contributed by atoms with Gasteiger partial charge in [-0.15, -0.1) is 11.3 Å². The number of carbonyl (C=O) groups is 1. The molecule has 0 saturated heterocycles. The average molecular weight is 509 g/mol. The molecule has 1 aromatic carbocycles. The van der Waals surface area contributed by atoms with E-state index in [4.69, 9.17) is 10.5 Å². The lowest BCUT2D eigenvalue weighted by molar-refractivity contribution is -0.124. The van der Waals surface area contributed by atoms with Gasteiger partial charge in [0.05, 0.1) is 19.3 Å².